The lowest BCUT2D eigenvalue weighted by molar-refractivity contribution is 0.588. The van der Waals surface area contributed by atoms with E-state index >= 15 is 0 Å². The van der Waals surface area contributed by atoms with E-state index in [1.54, 1.807) is 42.7 Å². The summed E-state index contributed by atoms with van der Waals surface area (Å²) in [5, 5.41) is 8.48. The second-order valence-corrected chi connectivity index (χ2v) is 8.14. The Balaban J connectivity index is 2.04. The minimum Gasteiger partial charge on any atom is -0.277 e. The second-order valence-electron chi connectivity index (χ2n) is 5.25. The first-order valence-corrected chi connectivity index (χ1v) is 9.31. The molecule has 3 aromatic heterocycles. The maximum atomic E-state index is 13.0. The van der Waals surface area contributed by atoms with Gasteiger partial charge in [-0.05, 0) is 47.7 Å². The first-order valence-electron chi connectivity index (χ1n) is 6.80. The van der Waals surface area contributed by atoms with E-state index in [-0.39, 0.29) is 4.90 Å². The van der Waals surface area contributed by atoms with Gasteiger partial charge in [-0.3, -0.25) is 5.10 Å². The van der Waals surface area contributed by atoms with Gasteiger partial charge in [0.1, 0.15) is 0 Å². The smallest absolute Gasteiger partial charge is 0.270 e. The normalized spacial score (nSPS) is 12.3. The summed E-state index contributed by atoms with van der Waals surface area (Å²) >= 11 is 2.01. The average Bonchev–Trinajstić information content (AvgIpc) is 3.10. The molecule has 0 atom stereocenters. The van der Waals surface area contributed by atoms with Crippen LogP contribution in [0.3, 0.4) is 0 Å². The molecule has 0 aliphatic heterocycles. The molecule has 4 rings (SSSR count). The molecule has 0 amide bonds. The molecular formula is C15H11IN4O2S. The zero-order valence-electron chi connectivity index (χ0n) is 12.0. The number of H-pyrrole nitrogens is 1. The summed E-state index contributed by atoms with van der Waals surface area (Å²) in [5.41, 5.74) is 2.19. The summed E-state index contributed by atoms with van der Waals surface area (Å²) in [6.07, 6.45) is 3.29. The van der Waals surface area contributed by atoms with Crippen molar-refractivity contribution in [2.75, 3.05) is 0 Å². The van der Waals surface area contributed by atoms with E-state index in [1.807, 2.05) is 29.5 Å². The Morgan fingerprint density at radius 3 is 2.65 bits per heavy atom. The highest BCUT2D eigenvalue weighted by atomic mass is 127. The van der Waals surface area contributed by atoms with Crippen molar-refractivity contribution in [3.8, 4) is 0 Å². The fraction of sp³-hybridized carbons (Fsp3) is 0.0667. The molecule has 6 nitrogen and oxygen atoms in total. The molecular weight excluding hydrogens is 427 g/mol. The van der Waals surface area contributed by atoms with Crippen molar-refractivity contribution in [1.82, 2.24) is 19.2 Å². The van der Waals surface area contributed by atoms with Crippen LogP contribution in [0.15, 0.2) is 47.6 Å². The van der Waals surface area contributed by atoms with Gasteiger partial charge in [0, 0.05) is 17.0 Å². The fourth-order valence-corrected chi connectivity index (χ4v) is 5.21. The van der Waals surface area contributed by atoms with Crippen LogP contribution in [0.2, 0.25) is 0 Å². The number of aromatic nitrogens is 4. The molecule has 116 valence electrons. The number of aryl methyl sites for hydroxylation is 1. The zero-order chi connectivity index (χ0) is 16.2. The maximum absolute atomic E-state index is 13.0. The number of nitrogens with one attached hydrogen (secondary N) is 1. The lowest BCUT2D eigenvalue weighted by atomic mass is 10.2. The second kappa shape index (κ2) is 5.03. The third-order valence-electron chi connectivity index (χ3n) is 3.71. The molecule has 0 saturated carbocycles. The van der Waals surface area contributed by atoms with E-state index in [9.17, 15) is 8.42 Å². The van der Waals surface area contributed by atoms with Gasteiger partial charge < -0.3 is 0 Å². The van der Waals surface area contributed by atoms with Crippen molar-refractivity contribution in [2.24, 2.45) is 0 Å². The highest BCUT2D eigenvalue weighted by molar-refractivity contribution is 14.1. The van der Waals surface area contributed by atoms with E-state index in [0.717, 1.165) is 21.9 Å². The van der Waals surface area contributed by atoms with E-state index in [1.165, 1.54) is 3.97 Å². The van der Waals surface area contributed by atoms with Crippen LogP contribution in [0.4, 0.5) is 0 Å². The van der Waals surface area contributed by atoms with Gasteiger partial charge in [0.25, 0.3) is 10.0 Å². The lowest BCUT2D eigenvalue weighted by Gasteiger charge is -2.08. The summed E-state index contributed by atoms with van der Waals surface area (Å²) in [5.74, 6) is 0. The molecule has 0 spiro atoms. The quantitative estimate of drug-likeness (QED) is 0.488. The fourth-order valence-electron chi connectivity index (χ4n) is 2.54. The first-order chi connectivity index (χ1) is 11.0. The Labute approximate surface area is 145 Å². The molecule has 0 radical (unpaired) electrons. The Kier molecular flexibility index (Phi) is 3.20. The van der Waals surface area contributed by atoms with Crippen LogP contribution < -0.4 is 0 Å². The molecule has 0 aliphatic rings. The van der Waals surface area contributed by atoms with Crippen molar-refractivity contribution < 1.29 is 8.42 Å². The highest BCUT2D eigenvalue weighted by Crippen LogP contribution is 2.29. The Bertz CT molecular complexity index is 1140. The number of benzene rings is 1. The molecule has 0 saturated heterocycles. The minimum absolute atomic E-state index is 0.241. The molecule has 0 bridgehead atoms. The summed E-state index contributed by atoms with van der Waals surface area (Å²) in [4.78, 5) is 4.57. The topological polar surface area (TPSA) is 80.6 Å². The zero-order valence-corrected chi connectivity index (χ0v) is 15.0. The number of hydrogen-bond acceptors (Lipinski definition) is 4. The van der Waals surface area contributed by atoms with Gasteiger partial charge in [-0.15, -0.1) is 0 Å². The molecule has 1 N–H and O–H groups in total. The average molecular weight is 438 g/mol. The number of rotatable bonds is 2. The van der Waals surface area contributed by atoms with Crippen molar-refractivity contribution in [1.29, 1.82) is 0 Å². The Morgan fingerprint density at radius 1 is 1.17 bits per heavy atom. The lowest BCUT2D eigenvalue weighted by Crippen LogP contribution is -2.14. The van der Waals surface area contributed by atoms with Gasteiger partial charge in [-0.2, -0.15) is 5.10 Å². The van der Waals surface area contributed by atoms with E-state index in [2.05, 4.69) is 15.2 Å². The van der Waals surface area contributed by atoms with Crippen molar-refractivity contribution in [2.45, 2.75) is 11.8 Å². The summed E-state index contributed by atoms with van der Waals surface area (Å²) in [7, 11) is -3.71. The molecule has 3 heterocycles. The summed E-state index contributed by atoms with van der Waals surface area (Å²) in [6.45, 7) is 1.92. The van der Waals surface area contributed by atoms with Crippen molar-refractivity contribution in [3.63, 3.8) is 0 Å². The van der Waals surface area contributed by atoms with Gasteiger partial charge >= 0.3 is 0 Å². The van der Waals surface area contributed by atoms with Crippen molar-refractivity contribution >= 4 is 54.6 Å². The highest BCUT2D eigenvalue weighted by Gasteiger charge is 2.24. The van der Waals surface area contributed by atoms with Crippen LogP contribution in [0.5, 0.6) is 0 Å². The van der Waals surface area contributed by atoms with Crippen LogP contribution >= 0.6 is 22.6 Å². The van der Waals surface area contributed by atoms with Crippen molar-refractivity contribution in [3.05, 3.63) is 52.0 Å². The van der Waals surface area contributed by atoms with Crippen LogP contribution in [-0.4, -0.2) is 27.6 Å². The van der Waals surface area contributed by atoms with Crippen LogP contribution in [-0.2, 0) is 10.0 Å². The minimum atomic E-state index is -3.71. The number of nitrogens with zero attached hydrogens (tertiary/aromatic N) is 3. The number of fused-ring (bicyclic) bond motifs is 3. The van der Waals surface area contributed by atoms with E-state index < -0.39 is 10.0 Å². The first kappa shape index (κ1) is 14.6. The molecule has 4 aromatic rings. The van der Waals surface area contributed by atoms with Gasteiger partial charge in [-0.25, -0.2) is 17.4 Å². The molecule has 0 fully saturated rings. The standard InChI is InChI=1S/C15H11IN4O2S/c1-9-2-4-11(5-3-9)23(21,22)20-13(16)6-12-14-10(8-18-19-14)7-17-15(12)20/h2-8H,1H3,(H,18,19). The Hall–Kier alpha value is -1.94. The molecule has 0 aliphatic carbocycles. The van der Waals surface area contributed by atoms with Crippen LogP contribution in [0.25, 0.3) is 21.9 Å². The molecule has 8 heteroatoms. The van der Waals surface area contributed by atoms with Gasteiger partial charge in [0.15, 0.2) is 5.65 Å². The summed E-state index contributed by atoms with van der Waals surface area (Å²) < 4.78 is 27.9. The number of halogens is 1. The van der Waals surface area contributed by atoms with Gasteiger partial charge in [0.05, 0.1) is 20.3 Å². The maximum Gasteiger partial charge on any atom is 0.270 e. The molecule has 23 heavy (non-hydrogen) atoms. The predicted octanol–water partition coefficient (Wildman–Crippen LogP) is 3.06. The molecule has 0 unspecified atom stereocenters. The third kappa shape index (κ3) is 2.16. The Morgan fingerprint density at radius 2 is 1.91 bits per heavy atom. The van der Waals surface area contributed by atoms with Gasteiger partial charge in [0.2, 0.25) is 0 Å². The van der Waals surface area contributed by atoms with Gasteiger partial charge in [-0.1, -0.05) is 17.7 Å². The van der Waals surface area contributed by atoms with Crippen LogP contribution in [0.1, 0.15) is 5.56 Å². The number of pyridine rings is 1. The number of aromatic amines is 1. The summed E-state index contributed by atoms with van der Waals surface area (Å²) in [6, 6.07) is 8.59. The third-order valence-corrected chi connectivity index (χ3v) is 6.55. The van der Waals surface area contributed by atoms with E-state index in [0.29, 0.717) is 9.35 Å². The largest absolute Gasteiger partial charge is 0.277 e. The number of hydrogen-bond donors (Lipinski definition) is 1. The SMILES string of the molecule is Cc1ccc(S(=O)(=O)n2c(I)cc3c4[nH]ncc4cnc32)cc1. The van der Waals surface area contributed by atoms with E-state index in [4.69, 9.17) is 0 Å². The predicted molar refractivity (Wildman–Crippen MR) is 95.9 cm³/mol. The monoisotopic (exact) mass is 438 g/mol. The molecule has 1 aromatic carbocycles. The van der Waals surface area contributed by atoms with Crippen LogP contribution in [0, 0.1) is 10.6 Å².